The van der Waals surface area contributed by atoms with E-state index in [-0.39, 0.29) is 29.4 Å². The number of hydrogen-bond donors (Lipinski definition) is 1. The Balaban J connectivity index is 2.62. The third-order valence-corrected chi connectivity index (χ3v) is 3.19. The molecule has 0 bridgehead atoms. The Kier molecular flexibility index (Phi) is 4.21. The molecular weight excluding hydrogens is 273 g/mol. The minimum absolute atomic E-state index is 0.133. The van der Waals surface area contributed by atoms with E-state index in [1.807, 2.05) is 13.8 Å². The predicted molar refractivity (Wildman–Crippen MR) is 77.8 cm³/mol. The fourth-order valence-corrected chi connectivity index (χ4v) is 2.26. The Morgan fingerprint density at radius 1 is 1.19 bits per heavy atom. The lowest BCUT2D eigenvalue weighted by Gasteiger charge is -2.17. The van der Waals surface area contributed by atoms with Crippen molar-refractivity contribution in [1.82, 2.24) is 4.57 Å². The van der Waals surface area contributed by atoms with Crippen LogP contribution in [0.4, 0.5) is 4.39 Å². The number of carbonyl (C=O) groups is 1. The molecule has 0 spiro atoms. The fraction of sp³-hybridized carbons (Fsp3) is 0.250. The minimum Gasteiger partial charge on any atom is -0.481 e. The van der Waals surface area contributed by atoms with Crippen LogP contribution in [0.15, 0.2) is 41.2 Å². The largest absolute Gasteiger partial charge is 0.481 e. The molecule has 1 N–H and O–H groups in total. The molecule has 1 aromatic heterocycles. The molecule has 0 saturated carbocycles. The molecule has 0 amide bonds. The molecule has 0 saturated heterocycles. The fourth-order valence-electron chi connectivity index (χ4n) is 2.26. The van der Waals surface area contributed by atoms with Gasteiger partial charge in [-0.1, -0.05) is 6.07 Å². The van der Waals surface area contributed by atoms with E-state index >= 15 is 0 Å². The summed E-state index contributed by atoms with van der Waals surface area (Å²) in [5.41, 5.74) is 1.27. The number of halogens is 1. The number of aromatic nitrogens is 1. The summed E-state index contributed by atoms with van der Waals surface area (Å²) in [6.45, 7) is 3.69. The van der Waals surface area contributed by atoms with Gasteiger partial charge in [0.05, 0.1) is 12.1 Å². The van der Waals surface area contributed by atoms with Crippen molar-refractivity contribution in [1.29, 1.82) is 0 Å². The van der Waals surface area contributed by atoms with Crippen molar-refractivity contribution in [2.45, 2.75) is 26.3 Å². The first-order chi connectivity index (χ1) is 9.90. The summed E-state index contributed by atoms with van der Waals surface area (Å²) < 4.78 is 14.5. The van der Waals surface area contributed by atoms with Crippen LogP contribution < -0.4 is 5.56 Å². The summed E-state index contributed by atoms with van der Waals surface area (Å²) in [4.78, 5) is 23.2. The number of aliphatic carboxylic acids is 1. The molecule has 110 valence electrons. The third-order valence-electron chi connectivity index (χ3n) is 3.19. The summed E-state index contributed by atoms with van der Waals surface area (Å²) in [5.74, 6) is -1.39. The monoisotopic (exact) mass is 289 g/mol. The second-order valence-electron chi connectivity index (χ2n) is 5.09. The number of carboxylic acids is 1. The van der Waals surface area contributed by atoms with Crippen LogP contribution in [0.25, 0.3) is 11.3 Å². The van der Waals surface area contributed by atoms with Gasteiger partial charge >= 0.3 is 5.97 Å². The molecule has 2 aromatic rings. The van der Waals surface area contributed by atoms with Crippen LogP contribution in [0.5, 0.6) is 0 Å². The third kappa shape index (κ3) is 3.18. The summed E-state index contributed by atoms with van der Waals surface area (Å²) in [6.07, 6.45) is -0.310. The maximum atomic E-state index is 13.0. The molecule has 21 heavy (non-hydrogen) atoms. The summed E-state index contributed by atoms with van der Waals surface area (Å²) in [5, 5.41) is 8.85. The molecule has 2 rings (SSSR count). The van der Waals surface area contributed by atoms with E-state index in [0.717, 1.165) is 0 Å². The maximum absolute atomic E-state index is 13.0. The van der Waals surface area contributed by atoms with Gasteiger partial charge in [0.1, 0.15) is 5.82 Å². The lowest BCUT2D eigenvalue weighted by molar-refractivity contribution is -0.136. The molecule has 0 aliphatic carbocycles. The molecule has 0 unspecified atom stereocenters. The molecule has 0 atom stereocenters. The van der Waals surface area contributed by atoms with E-state index in [2.05, 4.69) is 0 Å². The van der Waals surface area contributed by atoms with Gasteiger partial charge in [0, 0.05) is 11.6 Å². The highest BCUT2D eigenvalue weighted by atomic mass is 19.1. The van der Waals surface area contributed by atoms with Gasteiger partial charge in [-0.05, 0) is 49.7 Å². The second kappa shape index (κ2) is 5.91. The normalized spacial score (nSPS) is 10.9. The zero-order valence-corrected chi connectivity index (χ0v) is 11.8. The molecule has 0 aliphatic heterocycles. The molecule has 4 nitrogen and oxygen atoms in total. The lowest BCUT2D eigenvalue weighted by atomic mass is 10.1. The van der Waals surface area contributed by atoms with Crippen molar-refractivity contribution >= 4 is 5.97 Å². The van der Waals surface area contributed by atoms with Crippen molar-refractivity contribution in [2.75, 3.05) is 0 Å². The number of benzene rings is 1. The molecule has 0 radical (unpaired) electrons. The van der Waals surface area contributed by atoms with Crippen molar-refractivity contribution in [2.24, 2.45) is 0 Å². The summed E-state index contributed by atoms with van der Waals surface area (Å²) >= 11 is 0. The van der Waals surface area contributed by atoms with Gasteiger partial charge < -0.3 is 9.67 Å². The zero-order valence-electron chi connectivity index (χ0n) is 11.8. The van der Waals surface area contributed by atoms with E-state index in [9.17, 15) is 14.0 Å². The highest BCUT2D eigenvalue weighted by molar-refractivity contribution is 5.70. The Hall–Kier alpha value is -2.43. The topological polar surface area (TPSA) is 59.3 Å². The van der Waals surface area contributed by atoms with Crippen molar-refractivity contribution in [3.8, 4) is 11.3 Å². The van der Waals surface area contributed by atoms with Gasteiger partial charge in [-0.2, -0.15) is 0 Å². The summed E-state index contributed by atoms with van der Waals surface area (Å²) in [6, 6.07) is 8.94. The van der Waals surface area contributed by atoms with Gasteiger partial charge in [0.15, 0.2) is 0 Å². The second-order valence-corrected chi connectivity index (χ2v) is 5.09. The first-order valence-corrected chi connectivity index (χ1v) is 6.62. The quantitative estimate of drug-likeness (QED) is 0.941. The van der Waals surface area contributed by atoms with E-state index in [4.69, 9.17) is 5.11 Å². The number of hydrogen-bond acceptors (Lipinski definition) is 2. The number of nitrogens with zero attached hydrogens (tertiary/aromatic N) is 1. The van der Waals surface area contributed by atoms with Crippen LogP contribution in [0, 0.1) is 5.82 Å². The van der Waals surface area contributed by atoms with Crippen molar-refractivity contribution in [3.05, 3.63) is 58.1 Å². The molecule has 5 heteroatoms. The van der Waals surface area contributed by atoms with E-state index in [1.165, 1.54) is 22.8 Å². The molecule has 0 aliphatic rings. The van der Waals surface area contributed by atoms with Gasteiger partial charge in [0.2, 0.25) is 0 Å². The average molecular weight is 289 g/mol. The highest BCUT2D eigenvalue weighted by Crippen LogP contribution is 2.21. The van der Waals surface area contributed by atoms with E-state index in [0.29, 0.717) is 11.3 Å². The van der Waals surface area contributed by atoms with Crippen LogP contribution in [0.3, 0.4) is 0 Å². The van der Waals surface area contributed by atoms with Crippen LogP contribution in [-0.2, 0) is 11.2 Å². The Morgan fingerprint density at radius 2 is 1.81 bits per heavy atom. The van der Waals surface area contributed by atoms with Crippen LogP contribution in [-0.4, -0.2) is 15.6 Å². The van der Waals surface area contributed by atoms with Crippen molar-refractivity contribution in [3.63, 3.8) is 0 Å². The SMILES string of the molecule is CC(C)n1c(-c2ccc(F)cc2)ccc(CC(=O)O)c1=O. The van der Waals surface area contributed by atoms with Gasteiger partial charge in [0.25, 0.3) is 5.56 Å². The smallest absolute Gasteiger partial charge is 0.308 e. The lowest BCUT2D eigenvalue weighted by Crippen LogP contribution is -2.27. The van der Waals surface area contributed by atoms with E-state index < -0.39 is 5.97 Å². The highest BCUT2D eigenvalue weighted by Gasteiger charge is 2.14. The Morgan fingerprint density at radius 3 is 2.33 bits per heavy atom. The standard InChI is InChI=1S/C16H16FNO3/c1-10(2)18-14(11-3-6-13(17)7-4-11)8-5-12(16(18)21)9-15(19)20/h3-8,10H,9H2,1-2H3,(H,19,20). The average Bonchev–Trinajstić information content (AvgIpc) is 2.41. The van der Waals surface area contributed by atoms with Gasteiger partial charge in [-0.15, -0.1) is 0 Å². The maximum Gasteiger partial charge on any atom is 0.308 e. The Bertz CT molecular complexity index is 717. The molecule has 1 aromatic carbocycles. The number of rotatable bonds is 4. The minimum atomic E-state index is -1.04. The first kappa shape index (κ1) is 15.0. The summed E-state index contributed by atoms with van der Waals surface area (Å²) in [7, 11) is 0. The molecular formula is C16H16FNO3. The van der Waals surface area contributed by atoms with Crippen LogP contribution >= 0.6 is 0 Å². The number of carboxylic acid groups (broad SMARTS) is 1. The Labute approximate surface area is 121 Å². The van der Waals surface area contributed by atoms with E-state index in [1.54, 1.807) is 18.2 Å². The first-order valence-electron chi connectivity index (χ1n) is 6.62. The zero-order chi connectivity index (χ0) is 15.6. The molecule has 0 fully saturated rings. The predicted octanol–water partition coefficient (Wildman–Crippen LogP) is 2.86. The van der Waals surface area contributed by atoms with Crippen LogP contribution in [0.1, 0.15) is 25.5 Å². The molecule has 1 heterocycles. The van der Waals surface area contributed by atoms with Gasteiger partial charge in [-0.25, -0.2) is 4.39 Å². The van der Waals surface area contributed by atoms with Gasteiger partial charge in [-0.3, -0.25) is 9.59 Å². The van der Waals surface area contributed by atoms with Crippen molar-refractivity contribution < 1.29 is 14.3 Å². The number of pyridine rings is 1. The van der Waals surface area contributed by atoms with Crippen LogP contribution in [0.2, 0.25) is 0 Å².